The van der Waals surface area contributed by atoms with Crippen molar-refractivity contribution in [2.75, 3.05) is 32.8 Å². The van der Waals surface area contributed by atoms with E-state index in [0.29, 0.717) is 37.9 Å². The second kappa shape index (κ2) is 7.74. The number of amides is 2. The van der Waals surface area contributed by atoms with E-state index in [-0.39, 0.29) is 24.3 Å². The lowest BCUT2D eigenvalue weighted by atomic mass is 9.99. The molecule has 0 unspecified atom stereocenters. The van der Waals surface area contributed by atoms with Gasteiger partial charge in [0.25, 0.3) is 0 Å². The maximum atomic E-state index is 13.1. The molecule has 0 spiro atoms. The first kappa shape index (κ1) is 18.1. The summed E-state index contributed by atoms with van der Waals surface area (Å²) >= 11 is 6.20. The number of carbonyl (C=O) groups is 2. The van der Waals surface area contributed by atoms with E-state index in [0.717, 1.165) is 17.8 Å². The molecule has 1 saturated heterocycles. The van der Waals surface area contributed by atoms with Crippen molar-refractivity contribution in [3.63, 3.8) is 0 Å². The molecular formula is C20H22ClN3O3. The van der Waals surface area contributed by atoms with E-state index in [2.05, 4.69) is 4.57 Å². The number of hydrogen-bond acceptors (Lipinski definition) is 3. The summed E-state index contributed by atoms with van der Waals surface area (Å²) in [7, 11) is 0. The van der Waals surface area contributed by atoms with E-state index in [1.54, 1.807) is 9.80 Å². The first-order chi connectivity index (χ1) is 13.1. The van der Waals surface area contributed by atoms with E-state index in [4.69, 9.17) is 16.3 Å². The number of rotatable bonds is 3. The van der Waals surface area contributed by atoms with Gasteiger partial charge in [0.15, 0.2) is 0 Å². The predicted molar refractivity (Wildman–Crippen MR) is 101 cm³/mol. The lowest BCUT2D eigenvalue weighted by Crippen LogP contribution is -2.46. The predicted octanol–water partition coefficient (Wildman–Crippen LogP) is 2.32. The second-order valence-corrected chi connectivity index (χ2v) is 7.28. The van der Waals surface area contributed by atoms with Crippen molar-refractivity contribution in [3.8, 4) is 0 Å². The largest absolute Gasteiger partial charge is 0.378 e. The number of benzene rings is 1. The quantitative estimate of drug-likeness (QED) is 0.759. The van der Waals surface area contributed by atoms with Crippen LogP contribution in [0.2, 0.25) is 5.02 Å². The summed E-state index contributed by atoms with van der Waals surface area (Å²) in [4.78, 5) is 29.1. The molecule has 1 aromatic carbocycles. The van der Waals surface area contributed by atoms with Gasteiger partial charge in [0.05, 0.1) is 19.3 Å². The fourth-order valence-electron chi connectivity index (χ4n) is 3.83. The molecule has 6 nitrogen and oxygen atoms in total. The minimum absolute atomic E-state index is 0.113. The van der Waals surface area contributed by atoms with Crippen molar-refractivity contribution in [3.05, 3.63) is 58.9 Å². The van der Waals surface area contributed by atoms with Gasteiger partial charge in [0, 0.05) is 43.1 Å². The van der Waals surface area contributed by atoms with Gasteiger partial charge in [0.1, 0.15) is 6.42 Å². The van der Waals surface area contributed by atoms with E-state index in [1.165, 1.54) is 0 Å². The van der Waals surface area contributed by atoms with Gasteiger partial charge >= 0.3 is 0 Å². The Balaban J connectivity index is 1.58. The van der Waals surface area contributed by atoms with E-state index >= 15 is 0 Å². The fourth-order valence-corrected chi connectivity index (χ4v) is 4.03. The summed E-state index contributed by atoms with van der Waals surface area (Å²) in [6.07, 6.45) is 1.91. The summed E-state index contributed by atoms with van der Waals surface area (Å²) in [6, 6.07) is 11.3. The zero-order chi connectivity index (χ0) is 18.8. The molecule has 0 radical (unpaired) electrons. The summed E-state index contributed by atoms with van der Waals surface area (Å²) in [5.41, 5.74) is 1.99. The average molecular weight is 388 g/mol. The second-order valence-electron chi connectivity index (χ2n) is 6.84. The Bertz CT molecular complexity index is 845. The third-order valence-corrected chi connectivity index (χ3v) is 5.42. The van der Waals surface area contributed by atoms with Crippen molar-refractivity contribution in [2.45, 2.75) is 19.0 Å². The number of ether oxygens (including phenoxy) is 1. The minimum atomic E-state index is -0.238. The Hall–Kier alpha value is -2.31. The van der Waals surface area contributed by atoms with Crippen molar-refractivity contribution in [1.29, 1.82) is 0 Å². The highest BCUT2D eigenvalue weighted by Gasteiger charge is 2.33. The number of fused-ring (bicyclic) bond motifs is 1. The van der Waals surface area contributed by atoms with Crippen LogP contribution in [0.4, 0.5) is 0 Å². The lowest BCUT2D eigenvalue weighted by Gasteiger charge is -2.38. The molecule has 3 heterocycles. The van der Waals surface area contributed by atoms with Crippen LogP contribution in [0.3, 0.4) is 0 Å². The summed E-state index contributed by atoms with van der Waals surface area (Å²) in [5, 5.41) is 0.632. The third-order valence-electron chi connectivity index (χ3n) is 5.19. The summed E-state index contributed by atoms with van der Waals surface area (Å²) in [6.45, 7) is 3.44. The molecular weight excluding hydrogens is 366 g/mol. The summed E-state index contributed by atoms with van der Waals surface area (Å²) in [5.74, 6) is -0.280. The fraction of sp³-hybridized carbons (Fsp3) is 0.400. The molecule has 0 saturated carbocycles. The van der Waals surface area contributed by atoms with Gasteiger partial charge in [-0.3, -0.25) is 9.59 Å². The van der Waals surface area contributed by atoms with E-state index < -0.39 is 0 Å². The molecule has 2 aliphatic rings. The first-order valence-electron chi connectivity index (χ1n) is 9.19. The zero-order valence-electron chi connectivity index (χ0n) is 15.0. The average Bonchev–Trinajstić information content (AvgIpc) is 3.16. The molecule has 2 amide bonds. The molecule has 1 fully saturated rings. The van der Waals surface area contributed by atoms with Crippen LogP contribution in [0, 0.1) is 0 Å². The third kappa shape index (κ3) is 3.73. The normalized spacial score (nSPS) is 19.7. The standard InChI is InChI=1S/C20H22ClN3O3/c21-16-4-1-3-15(13-16)20-17-5-2-6-22(17)7-8-24(20)19(26)14-18(25)23-9-11-27-12-10-23/h1-6,13,20H,7-12,14H2/t20-/m1/s1. The first-order valence-corrected chi connectivity index (χ1v) is 9.57. The van der Waals surface area contributed by atoms with Crippen LogP contribution in [-0.4, -0.2) is 59.0 Å². The van der Waals surface area contributed by atoms with Crippen LogP contribution in [-0.2, 0) is 20.9 Å². The Kier molecular flexibility index (Phi) is 5.18. The maximum absolute atomic E-state index is 13.1. The number of halogens is 1. The van der Waals surface area contributed by atoms with Gasteiger partial charge in [-0.05, 0) is 29.8 Å². The lowest BCUT2D eigenvalue weighted by molar-refractivity contribution is -0.144. The number of carbonyl (C=O) groups excluding carboxylic acids is 2. The highest BCUT2D eigenvalue weighted by Crippen LogP contribution is 2.34. The van der Waals surface area contributed by atoms with Crippen LogP contribution < -0.4 is 0 Å². The molecule has 0 aliphatic carbocycles. The van der Waals surface area contributed by atoms with Gasteiger partial charge < -0.3 is 19.1 Å². The van der Waals surface area contributed by atoms with Gasteiger partial charge in [-0.15, -0.1) is 0 Å². The van der Waals surface area contributed by atoms with Crippen molar-refractivity contribution in [1.82, 2.24) is 14.4 Å². The molecule has 7 heteroatoms. The molecule has 2 aromatic rings. The van der Waals surface area contributed by atoms with Crippen LogP contribution in [0.25, 0.3) is 0 Å². The van der Waals surface area contributed by atoms with Crippen molar-refractivity contribution >= 4 is 23.4 Å². The monoisotopic (exact) mass is 387 g/mol. The molecule has 142 valence electrons. The smallest absolute Gasteiger partial charge is 0.232 e. The van der Waals surface area contributed by atoms with Gasteiger partial charge in [-0.2, -0.15) is 0 Å². The SMILES string of the molecule is O=C(CC(=O)N1CCn2cccc2[C@H]1c1cccc(Cl)c1)N1CCOCC1. The van der Waals surface area contributed by atoms with Crippen molar-refractivity contribution < 1.29 is 14.3 Å². The van der Waals surface area contributed by atoms with Crippen LogP contribution in [0.5, 0.6) is 0 Å². The Labute approximate surface area is 163 Å². The van der Waals surface area contributed by atoms with Crippen LogP contribution >= 0.6 is 11.6 Å². The van der Waals surface area contributed by atoms with Gasteiger partial charge in [-0.1, -0.05) is 23.7 Å². The number of nitrogens with zero attached hydrogens (tertiary/aromatic N) is 3. The topological polar surface area (TPSA) is 54.8 Å². The van der Waals surface area contributed by atoms with E-state index in [1.807, 2.05) is 42.6 Å². The Morgan fingerprint density at radius 1 is 1.04 bits per heavy atom. The summed E-state index contributed by atoms with van der Waals surface area (Å²) < 4.78 is 7.43. The Morgan fingerprint density at radius 2 is 1.85 bits per heavy atom. The molecule has 2 aliphatic heterocycles. The molecule has 0 N–H and O–H groups in total. The highest BCUT2D eigenvalue weighted by atomic mass is 35.5. The zero-order valence-corrected chi connectivity index (χ0v) is 15.8. The molecule has 4 rings (SSSR count). The highest BCUT2D eigenvalue weighted by molar-refractivity contribution is 6.30. The molecule has 27 heavy (non-hydrogen) atoms. The molecule has 0 bridgehead atoms. The Morgan fingerprint density at radius 3 is 2.63 bits per heavy atom. The number of aromatic nitrogens is 1. The van der Waals surface area contributed by atoms with Gasteiger partial charge in [0.2, 0.25) is 11.8 Å². The van der Waals surface area contributed by atoms with Crippen LogP contribution in [0.1, 0.15) is 23.7 Å². The number of morpholine rings is 1. The van der Waals surface area contributed by atoms with E-state index in [9.17, 15) is 9.59 Å². The molecule has 1 atom stereocenters. The van der Waals surface area contributed by atoms with Crippen molar-refractivity contribution in [2.24, 2.45) is 0 Å². The van der Waals surface area contributed by atoms with Gasteiger partial charge in [-0.25, -0.2) is 0 Å². The number of hydrogen-bond donors (Lipinski definition) is 0. The minimum Gasteiger partial charge on any atom is -0.378 e. The maximum Gasteiger partial charge on any atom is 0.232 e. The molecule has 1 aromatic heterocycles. The van der Waals surface area contributed by atoms with Crippen LogP contribution in [0.15, 0.2) is 42.6 Å².